The molecular weight excluding hydrogens is 330 g/mol. The average Bonchev–Trinajstić information content (AvgIpc) is 3.14. The zero-order chi connectivity index (χ0) is 17.4. The Morgan fingerprint density at radius 1 is 1.04 bits per heavy atom. The number of hydrogen-bond donors (Lipinski definition) is 3. The summed E-state index contributed by atoms with van der Waals surface area (Å²) in [6, 6.07) is 10.2. The highest BCUT2D eigenvalue weighted by Crippen LogP contribution is 2.16. The van der Waals surface area contributed by atoms with E-state index in [1.807, 2.05) is 0 Å². The summed E-state index contributed by atoms with van der Waals surface area (Å²) in [5.41, 5.74) is 5.01. The number of hydrazine groups is 1. The van der Waals surface area contributed by atoms with Gasteiger partial charge in [0, 0.05) is 13.0 Å². The number of para-hydroxylation sites is 1. The molecule has 1 aromatic heterocycles. The number of ether oxygens (including phenoxy) is 1. The Morgan fingerprint density at radius 2 is 1.83 bits per heavy atom. The van der Waals surface area contributed by atoms with Crippen molar-refractivity contribution in [3.05, 3.63) is 52.2 Å². The molecule has 8 heteroatoms. The molecule has 7 nitrogen and oxygen atoms in total. The molecule has 1 heterocycles. The molecule has 0 saturated heterocycles. The maximum absolute atomic E-state index is 12.0. The number of carbonyl (C=O) groups excluding carboxylic acids is 3. The van der Waals surface area contributed by atoms with E-state index < -0.39 is 5.91 Å². The fourth-order valence-electron chi connectivity index (χ4n) is 1.88. The van der Waals surface area contributed by atoms with Crippen LogP contribution in [0.4, 0.5) is 0 Å². The first-order chi connectivity index (χ1) is 11.6. The van der Waals surface area contributed by atoms with Gasteiger partial charge in [-0.15, -0.1) is 11.3 Å². The number of hydrogen-bond acceptors (Lipinski definition) is 5. The number of carbonyl (C=O) groups is 3. The van der Waals surface area contributed by atoms with E-state index in [-0.39, 0.29) is 24.8 Å². The second-order valence-corrected chi connectivity index (χ2v) is 5.63. The predicted molar refractivity (Wildman–Crippen MR) is 89.9 cm³/mol. The average molecular weight is 347 g/mol. The lowest BCUT2D eigenvalue weighted by molar-refractivity contribution is -0.121. The Labute approximate surface area is 143 Å². The molecule has 0 aliphatic heterocycles. The van der Waals surface area contributed by atoms with E-state index in [1.54, 1.807) is 41.8 Å². The minimum atomic E-state index is -0.403. The van der Waals surface area contributed by atoms with Gasteiger partial charge in [0.1, 0.15) is 5.75 Å². The third-order valence-electron chi connectivity index (χ3n) is 3.05. The molecule has 24 heavy (non-hydrogen) atoms. The van der Waals surface area contributed by atoms with Crippen molar-refractivity contribution in [2.45, 2.75) is 6.42 Å². The van der Waals surface area contributed by atoms with Gasteiger partial charge in [0.05, 0.1) is 17.6 Å². The van der Waals surface area contributed by atoms with E-state index in [1.165, 1.54) is 18.4 Å². The molecule has 0 spiro atoms. The van der Waals surface area contributed by atoms with Gasteiger partial charge in [0.25, 0.3) is 11.8 Å². The number of amides is 3. The van der Waals surface area contributed by atoms with Crippen LogP contribution in [0.25, 0.3) is 0 Å². The molecule has 2 rings (SSSR count). The van der Waals surface area contributed by atoms with Crippen molar-refractivity contribution in [1.29, 1.82) is 0 Å². The summed E-state index contributed by atoms with van der Waals surface area (Å²) in [4.78, 5) is 35.8. The van der Waals surface area contributed by atoms with Crippen LogP contribution >= 0.6 is 11.3 Å². The van der Waals surface area contributed by atoms with E-state index in [0.29, 0.717) is 16.2 Å². The Bertz CT molecular complexity index is 716. The molecule has 1 aromatic carbocycles. The molecule has 0 fully saturated rings. The summed E-state index contributed by atoms with van der Waals surface area (Å²) in [5, 5.41) is 4.40. The van der Waals surface area contributed by atoms with Crippen molar-refractivity contribution in [3.63, 3.8) is 0 Å². The van der Waals surface area contributed by atoms with Gasteiger partial charge in [0.2, 0.25) is 5.91 Å². The van der Waals surface area contributed by atoms with Crippen LogP contribution in [0, 0.1) is 0 Å². The van der Waals surface area contributed by atoms with Crippen LogP contribution in [-0.4, -0.2) is 31.4 Å². The van der Waals surface area contributed by atoms with Crippen LogP contribution in [0.15, 0.2) is 41.8 Å². The Balaban J connectivity index is 1.72. The largest absolute Gasteiger partial charge is 0.496 e. The van der Waals surface area contributed by atoms with Gasteiger partial charge >= 0.3 is 0 Å². The standard InChI is InChI=1S/C16H17N3O4S/c1-23-12-6-3-2-5-11(12)15(21)17-9-8-14(20)18-19-16(22)13-7-4-10-24-13/h2-7,10H,8-9H2,1H3,(H,17,21)(H,18,20)(H,19,22). The number of thiophene rings is 1. The highest BCUT2D eigenvalue weighted by Gasteiger charge is 2.12. The molecule has 0 radical (unpaired) electrons. The predicted octanol–water partition coefficient (Wildman–Crippen LogP) is 1.34. The second-order valence-electron chi connectivity index (χ2n) is 4.69. The minimum Gasteiger partial charge on any atom is -0.496 e. The van der Waals surface area contributed by atoms with Crippen LogP contribution in [0.2, 0.25) is 0 Å². The molecule has 0 bridgehead atoms. The minimum absolute atomic E-state index is 0.0333. The maximum Gasteiger partial charge on any atom is 0.279 e. The molecule has 3 N–H and O–H groups in total. The van der Waals surface area contributed by atoms with Crippen molar-refractivity contribution >= 4 is 29.1 Å². The second kappa shape index (κ2) is 8.68. The molecule has 0 aliphatic carbocycles. The third kappa shape index (κ3) is 4.82. The van der Waals surface area contributed by atoms with Gasteiger partial charge in [0.15, 0.2) is 0 Å². The van der Waals surface area contributed by atoms with Crippen molar-refractivity contribution < 1.29 is 19.1 Å². The lowest BCUT2D eigenvalue weighted by atomic mass is 10.2. The Hall–Kier alpha value is -2.87. The SMILES string of the molecule is COc1ccccc1C(=O)NCCC(=O)NNC(=O)c1cccs1. The number of nitrogens with one attached hydrogen (secondary N) is 3. The topological polar surface area (TPSA) is 96.5 Å². The fraction of sp³-hybridized carbons (Fsp3) is 0.188. The van der Waals surface area contributed by atoms with Gasteiger partial charge in [-0.1, -0.05) is 18.2 Å². The lowest BCUT2D eigenvalue weighted by Crippen LogP contribution is -2.42. The number of benzene rings is 1. The van der Waals surface area contributed by atoms with Crippen molar-refractivity contribution in [2.24, 2.45) is 0 Å². The highest BCUT2D eigenvalue weighted by molar-refractivity contribution is 7.12. The Morgan fingerprint density at radius 3 is 2.54 bits per heavy atom. The Kier molecular flexibility index (Phi) is 6.32. The van der Waals surface area contributed by atoms with Crippen LogP contribution in [0.3, 0.4) is 0 Å². The molecule has 0 unspecified atom stereocenters. The molecule has 0 atom stereocenters. The van der Waals surface area contributed by atoms with E-state index in [2.05, 4.69) is 16.2 Å². The van der Waals surface area contributed by atoms with E-state index >= 15 is 0 Å². The van der Waals surface area contributed by atoms with Crippen LogP contribution < -0.4 is 20.9 Å². The number of methoxy groups -OCH3 is 1. The van der Waals surface area contributed by atoms with E-state index in [9.17, 15) is 14.4 Å². The summed E-state index contributed by atoms with van der Waals surface area (Å²) in [5.74, 6) is -0.651. The van der Waals surface area contributed by atoms with Crippen molar-refractivity contribution in [3.8, 4) is 5.75 Å². The van der Waals surface area contributed by atoms with Crippen LogP contribution in [-0.2, 0) is 4.79 Å². The molecular formula is C16H17N3O4S. The highest BCUT2D eigenvalue weighted by atomic mass is 32.1. The van der Waals surface area contributed by atoms with E-state index in [0.717, 1.165) is 0 Å². The quantitative estimate of drug-likeness (QED) is 0.687. The normalized spacial score (nSPS) is 9.88. The third-order valence-corrected chi connectivity index (χ3v) is 3.92. The molecule has 3 amide bonds. The van der Waals surface area contributed by atoms with Gasteiger partial charge in [-0.05, 0) is 23.6 Å². The first-order valence-electron chi connectivity index (χ1n) is 7.15. The molecule has 126 valence electrons. The maximum atomic E-state index is 12.0. The van der Waals surface area contributed by atoms with Crippen LogP contribution in [0.5, 0.6) is 5.75 Å². The summed E-state index contributed by atoms with van der Waals surface area (Å²) >= 11 is 1.27. The molecule has 2 aromatic rings. The smallest absolute Gasteiger partial charge is 0.279 e. The van der Waals surface area contributed by atoms with Crippen molar-refractivity contribution in [1.82, 2.24) is 16.2 Å². The zero-order valence-corrected chi connectivity index (χ0v) is 13.8. The summed E-state index contributed by atoms with van der Waals surface area (Å²) in [7, 11) is 1.48. The first kappa shape index (κ1) is 17.5. The van der Waals surface area contributed by atoms with Crippen molar-refractivity contribution in [2.75, 3.05) is 13.7 Å². The fourth-order valence-corrected chi connectivity index (χ4v) is 2.49. The first-order valence-corrected chi connectivity index (χ1v) is 8.03. The molecule has 0 saturated carbocycles. The zero-order valence-electron chi connectivity index (χ0n) is 13.0. The summed E-state index contributed by atoms with van der Waals surface area (Å²) < 4.78 is 5.11. The van der Waals surface area contributed by atoms with Gasteiger partial charge < -0.3 is 10.1 Å². The van der Waals surface area contributed by atoms with Crippen LogP contribution in [0.1, 0.15) is 26.5 Å². The van der Waals surface area contributed by atoms with Gasteiger partial charge in [-0.2, -0.15) is 0 Å². The van der Waals surface area contributed by atoms with Gasteiger partial charge in [-0.25, -0.2) is 0 Å². The summed E-state index contributed by atoms with van der Waals surface area (Å²) in [6.07, 6.45) is 0.0333. The molecule has 0 aliphatic rings. The van der Waals surface area contributed by atoms with Gasteiger partial charge in [-0.3, -0.25) is 25.2 Å². The monoisotopic (exact) mass is 347 g/mol. The number of rotatable bonds is 6. The summed E-state index contributed by atoms with van der Waals surface area (Å²) in [6.45, 7) is 0.136. The van der Waals surface area contributed by atoms with E-state index in [4.69, 9.17) is 4.74 Å². The lowest BCUT2D eigenvalue weighted by Gasteiger charge is -2.09.